The maximum absolute atomic E-state index is 10.6. The number of aromatic hydroxyl groups is 1. The Morgan fingerprint density at radius 2 is 2.25 bits per heavy atom. The summed E-state index contributed by atoms with van der Waals surface area (Å²) < 4.78 is 0. The fourth-order valence-corrected chi connectivity index (χ4v) is 2.94. The molecule has 0 saturated carbocycles. The molecule has 20 heavy (non-hydrogen) atoms. The van der Waals surface area contributed by atoms with Crippen LogP contribution in [0.4, 0.5) is 0 Å². The lowest BCUT2D eigenvalue weighted by Gasteiger charge is -2.32. The van der Waals surface area contributed by atoms with Crippen LogP contribution in [-0.2, 0) is 11.3 Å². The summed E-state index contributed by atoms with van der Waals surface area (Å²) in [7, 11) is 0. The number of hydrogen-bond acceptors (Lipinski definition) is 3. The average Bonchev–Trinajstić information content (AvgIpc) is 2.41. The van der Waals surface area contributed by atoms with Crippen LogP contribution >= 0.6 is 0 Å². The fraction of sp³-hybridized carbons (Fsp3) is 0.562. The summed E-state index contributed by atoms with van der Waals surface area (Å²) in [6.07, 6.45) is 3.24. The van der Waals surface area contributed by atoms with Gasteiger partial charge >= 0.3 is 5.97 Å². The summed E-state index contributed by atoms with van der Waals surface area (Å²) in [6.45, 7) is 4.73. The van der Waals surface area contributed by atoms with E-state index in [0.29, 0.717) is 11.7 Å². The van der Waals surface area contributed by atoms with Crippen molar-refractivity contribution >= 4 is 5.97 Å². The SMILES string of the molecule is Cc1ccc(O)c(CN2CCCC(CCC(=O)O)C2)c1. The summed E-state index contributed by atoms with van der Waals surface area (Å²) in [6, 6.07) is 5.68. The largest absolute Gasteiger partial charge is 0.508 e. The van der Waals surface area contributed by atoms with Crippen molar-refractivity contribution in [1.29, 1.82) is 0 Å². The molecular formula is C16H23NO3. The summed E-state index contributed by atoms with van der Waals surface area (Å²) in [4.78, 5) is 13.0. The van der Waals surface area contributed by atoms with Gasteiger partial charge in [0.1, 0.15) is 5.75 Å². The Morgan fingerprint density at radius 1 is 1.45 bits per heavy atom. The molecule has 0 aliphatic carbocycles. The smallest absolute Gasteiger partial charge is 0.303 e. The van der Waals surface area contributed by atoms with E-state index in [1.165, 1.54) is 0 Å². The Kier molecular flexibility index (Phi) is 5.01. The molecule has 4 heteroatoms. The number of piperidine rings is 1. The lowest BCUT2D eigenvalue weighted by atomic mass is 9.93. The highest BCUT2D eigenvalue weighted by Crippen LogP contribution is 2.25. The van der Waals surface area contributed by atoms with Crippen LogP contribution in [0.15, 0.2) is 18.2 Å². The van der Waals surface area contributed by atoms with E-state index in [2.05, 4.69) is 4.90 Å². The Morgan fingerprint density at radius 3 is 3.00 bits per heavy atom. The molecule has 1 fully saturated rings. The van der Waals surface area contributed by atoms with Crippen molar-refractivity contribution in [2.24, 2.45) is 5.92 Å². The molecule has 110 valence electrons. The van der Waals surface area contributed by atoms with Crippen molar-refractivity contribution in [1.82, 2.24) is 4.90 Å². The summed E-state index contributed by atoms with van der Waals surface area (Å²) in [5.41, 5.74) is 2.11. The van der Waals surface area contributed by atoms with Crippen LogP contribution < -0.4 is 0 Å². The first-order valence-electron chi connectivity index (χ1n) is 7.27. The third-order valence-electron chi connectivity index (χ3n) is 4.00. The van der Waals surface area contributed by atoms with Crippen LogP contribution in [0.25, 0.3) is 0 Å². The van der Waals surface area contributed by atoms with Crippen molar-refractivity contribution in [3.63, 3.8) is 0 Å². The van der Waals surface area contributed by atoms with Gasteiger partial charge in [0.2, 0.25) is 0 Å². The van der Waals surface area contributed by atoms with Gasteiger partial charge < -0.3 is 10.2 Å². The molecule has 0 aromatic heterocycles. The maximum atomic E-state index is 10.6. The molecule has 2 rings (SSSR count). The lowest BCUT2D eigenvalue weighted by molar-refractivity contribution is -0.137. The number of carboxylic acid groups (broad SMARTS) is 1. The minimum absolute atomic E-state index is 0.258. The molecule has 1 atom stereocenters. The molecule has 2 N–H and O–H groups in total. The van der Waals surface area contributed by atoms with E-state index in [-0.39, 0.29) is 6.42 Å². The molecular weight excluding hydrogens is 254 g/mol. The van der Waals surface area contributed by atoms with E-state index in [0.717, 1.165) is 50.0 Å². The highest BCUT2D eigenvalue weighted by atomic mass is 16.4. The monoisotopic (exact) mass is 277 g/mol. The third kappa shape index (κ3) is 4.23. The number of phenolic OH excluding ortho intramolecular Hbond substituents is 1. The van der Waals surface area contributed by atoms with E-state index >= 15 is 0 Å². The normalized spacial score (nSPS) is 19.9. The number of aliphatic carboxylic acids is 1. The van der Waals surface area contributed by atoms with Gasteiger partial charge in [0.25, 0.3) is 0 Å². The molecule has 1 unspecified atom stereocenters. The van der Waals surface area contributed by atoms with Crippen LogP contribution in [0.1, 0.15) is 36.8 Å². The number of carboxylic acids is 1. The van der Waals surface area contributed by atoms with Gasteiger partial charge in [-0.1, -0.05) is 17.7 Å². The molecule has 0 bridgehead atoms. The molecule has 0 spiro atoms. The Bertz CT molecular complexity index is 473. The second-order valence-electron chi connectivity index (χ2n) is 5.81. The van der Waals surface area contributed by atoms with Crippen LogP contribution in [0.3, 0.4) is 0 Å². The van der Waals surface area contributed by atoms with Gasteiger partial charge in [0, 0.05) is 25.1 Å². The number of nitrogens with zero attached hydrogens (tertiary/aromatic N) is 1. The van der Waals surface area contributed by atoms with Crippen LogP contribution in [0.2, 0.25) is 0 Å². The van der Waals surface area contributed by atoms with Crippen LogP contribution in [0, 0.1) is 12.8 Å². The first-order chi connectivity index (χ1) is 9.54. The molecule has 1 heterocycles. The lowest BCUT2D eigenvalue weighted by Crippen LogP contribution is -2.35. The highest BCUT2D eigenvalue weighted by molar-refractivity contribution is 5.66. The number of hydrogen-bond donors (Lipinski definition) is 2. The van der Waals surface area contributed by atoms with Crippen molar-refractivity contribution < 1.29 is 15.0 Å². The predicted molar refractivity (Wildman–Crippen MR) is 77.7 cm³/mol. The van der Waals surface area contributed by atoms with Gasteiger partial charge in [0.05, 0.1) is 0 Å². The Balaban J connectivity index is 1.92. The van der Waals surface area contributed by atoms with E-state index in [4.69, 9.17) is 5.11 Å². The van der Waals surface area contributed by atoms with Gasteiger partial charge in [-0.3, -0.25) is 9.69 Å². The second kappa shape index (κ2) is 6.75. The van der Waals surface area contributed by atoms with E-state index in [1.807, 2.05) is 19.1 Å². The van der Waals surface area contributed by atoms with Crippen LogP contribution in [0.5, 0.6) is 5.75 Å². The van der Waals surface area contributed by atoms with E-state index < -0.39 is 5.97 Å². The number of likely N-dealkylation sites (tertiary alicyclic amines) is 1. The maximum Gasteiger partial charge on any atom is 0.303 e. The second-order valence-corrected chi connectivity index (χ2v) is 5.81. The van der Waals surface area contributed by atoms with Crippen molar-refractivity contribution in [2.45, 2.75) is 39.2 Å². The van der Waals surface area contributed by atoms with E-state index in [1.54, 1.807) is 6.07 Å². The molecule has 1 saturated heterocycles. The molecule has 1 aliphatic rings. The molecule has 1 aliphatic heterocycles. The van der Waals surface area contributed by atoms with Gasteiger partial charge in [-0.05, 0) is 44.7 Å². The minimum Gasteiger partial charge on any atom is -0.508 e. The molecule has 0 radical (unpaired) electrons. The van der Waals surface area contributed by atoms with E-state index in [9.17, 15) is 9.90 Å². The quantitative estimate of drug-likeness (QED) is 0.869. The summed E-state index contributed by atoms with van der Waals surface area (Å²) in [5.74, 6) is 0.105. The number of carbonyl (C=O) groups is 1. The summed E-state index contributed by atoms with van der Waals surface area (Å²) in [5, 5.41) is 18.7. The zero-order chi connectivity index (χ0) is 14.5. The minimum atomic E-state index is -0.710. The molecule has 4 nitrogen and oxygen atoms in total. The Hall–Kier alpha value is -1.55. The molecule has 1 aromatic rings. The first-order valence-corrected chi connectivity index (χ1v) is 7.27. The van der Waals surface area contributed by atoms with Gasteiger partial charge in [-0.15, -0.1) is 0 Å². The highest BCUT2D eigenvalue weighted by Gasteiger charge is 2.21. The molecule has 1 aromatic carbocycles. The van der Waals surface area contributed by atoms with Crippen molar-refractivity contribution in [3.05, 3.63) is 29.3 Å². The van der Waals surface area contributed by atoms with Crippen molar-refractivity contribution in [3.8, 4) is 5.75 Å². The zero-order valence-corrected chi connectivity index (χ0v) is 12.0. The summed E-state index contributed by atoms with van der Waals surface area (Å²) >= 11 is 0. The topological polar surface area (TPSA) is 60.8 Å². The number of aryl methyl sites for hydroxylation is 1. The number of phenols is 1. The van der Waals surface area contributed by atoms with Crippen molar-refractivity contribution in [2.75, 3.05) is 13.1 Å². The number of rotatable bonds is 5. The standard InChI is InChI=1S/C16H23NO3/c1-12-4-6-15(18)14(9-12)11-17-8-2-3-13(10-17)5-7-16(19)20/h4,6,9,13,18H,2-3,5,7-8,10-11H2,1H3,(H,19,20). The van der Waals surface area contributed by atoms with Gasteiger partial charge in [-0.25, -0.2) is 0 Å². The van der Waals surface area contributed by atoms with Crippen LogP contribution in [-0.4, -0.2) is 34.2 Å². The third-order valence-corrected chi connectivity index (χ3v) is 4.00. The molecule has 0 amide bonds. The predicted octanol–water partition coefficient (Wildman–Crippen LogP) is 2.78. The fourth-order valence-electron chi connectivity index (χ4n) is 2.94. The Labute approximate surface area is 120 Å². The van der Waals surface area contributed by atoms with Gasteiger partial charge in [0.15, 0.2) is 0 Å². The first kappa shape index (κ1) is 14.9. The van der Waals surface area contributed by atoms with Gasteiger partial charge in [-0.2, -0.15) is 0 Å². The zero-order valence-electron chi connectivity index (χ0n) is 12.0. The average molecular weight is 277 g/mol. The number of benzene rings is 1.